The predicted octanol–water partition coefficient (Wildman–Crippen LogP) is 3.42. The van der Waals surface area contributed by atoms with Gasteiger partial charge in [0.05, 0.1) is 5.69 Å². The molecule has 0 aliphatic carbocycles. The third-order valence-corrected chi connectivity index (χ3v) is 4.73. The van der Waals surface area contributed by atoms with Crippen molar-refractivity contribution in [3.63, 3.8) is 0 Å². The molecule has 1 heterocycles. The minimum atomic E-state index is 0.268. The van der Waals surface area contributed by atoms with Crippen LogP contribution in [0.5, 0.6) is 0 Å². The molecular weight excluding hydrogens is 346 g/mol. The van der Waals surface area contributed by atoms with Gasteiger partial charge in [0.25, 0.3) is 0 Å². The number of rotatable bonds is 7. The number of hydrogen-bond acceptors (Lipinski definition) is 2. The summed E-state index contributed by atoms with van der Waals surface area (Å²) in [5.41, 5.74) is 4.87. The Balaban J connectivity index is 1.94. The molecule has 0 fully saturated rings. The second kappa shape index (κ2) is 9.62. The Labute approximate surface area is 161 Å². The summed E-state index contributed by atoms with van der Waals surface area (Å²) in [4.78, 5) is 4.70. The van der Waals surface area contributed by atoms with Crippen LogP contribution in [0.1, 0.15) is 36.4 Å². The number of halogens is 1. The number of hydrogen-bond donors (Lipinski definition) is 2. The molecule has 5 nitrogen and oxygen atoms in total. The lowest BCUT2D eigenvalue weighted by Gasteiger charge is -2.18. The molecular formula is C20H30ClN5. The molecule has 0 aliphatic heterocycles. The van der Waals surface area contributed by atoms with Gasteiger partial charge in [-0.3, -0.25) is 9.67 Å². The van der Waals surface area contributed by atoms with E-state index in [1.54, 1.807) is 0 Å². The second-order valence-electron chi connectivity index (χ2n) is 6.66. The minimum absolute atomic E-state index is 0.268. The predicted molar refractivity (Wildman–Crippen MR) is 110 cm³/mol. The van der Waals surface area contributed by atoms with Crippen molar-refractivity contribution in [2.45, 2.75) is 46.6 Å². The van der Waals surface area contributed by atoms with Crippen LogP contribution in [-0.2, 0) is 19.9 Å². The first-order valence-electron chi connectivity index (χ1n) is 9.19. The summed E-state index contributed by atoms with van der Waals surface area (Å²) in [5.74, 6) is 0.855. The fourth-order valence-corrected chi connectivity index (χ4v) is 3.10. The highest BCUT2D eigenvalue weighted by Gasteiger charge is 2.13. The zero-order valence-corrected chi connectivity index (χ0v) is 17.2. The molecule has 0 radical (unpaired) electrons. The highest BCUT2D eigenvalue weighted by Crippen LogP contribution is 2.14. The maximum atomic E-state index is 5.93. The van der Waals surface area contributed by atoms with E-state index in [9.17, 15) is 0 Å². The Bertz CT molecular complexity index is 733. The lowest BCUT2D eigenvalue weighted by Crippen LogP contribution is -2.43. The normalized spacial score (nSPS) is 12.9. The van der Waals surface area contributed by atoms with Crippen LogP contribution < -0.4 is 10.6 Å². The van der Waals surface area contributed by atoms with Gasteiger partial charge >= 0.3 is 0 Å². The van der Waals surface area contributed by atoms with Crippen molar-refractivity contribution in [3.05, 3.63) is 51.8 Å². The van der Waals surface area contributed by atoms with Crippen LogP contribution in [0, 0.1) is 13.8 Å². The summed E-state index contributed by atoms with van der Waals surface area (Å²) in [7, 11) is 1.99. The van der Waals surface area contributed by atoms with Gasteiger partial charge in [0.1, 0.15) is 0 Å². The van der Waals surface area contributed by atoms with Crippen molar-refractivity contribution in [3.8, 4) is 0 Å². The van der Waals surface area contributed by atoms with Gasteiger partial charge < -0.3 is 10.6 Å². The Morgan fingerprint density at radius 1 is 1.27 bits per heavy atom. The van der Waals surface area contributed by atoms with E-state index in [1.807, 2.05) is 23.9 Å². The molecule has 1 unspecified atom stereocenters. The maximum absolute atomic E-state index is 5.93. The third-order valence-electron chi connectivity index (χ3n) is 4.48. The lowest BCUT2D eigenvalue weighted by molar-refractivity contribution is 0.635. The second-order valence-corrected chi connectivity index (χ2v) is 7.10. The zero-order valence-electron chi connectivity index (χ0n) is 16.4. The van der Waals surface area contributed by atoms with E-state index >= 15 is 0 Å². The summed E-state index contributed by atoms with van der Waals surface area (Å²) in [6, 6.07) is 8.21. The van der Waals surface area contributed by atoms with Gasteiger partial charge in [-0.2, -0.15) is 5.10 Å². The molecule has 2 rings (SSSR count). The highest BCUT2D eigenvalue weighted by molar-refractivity contribution is 6.30. The summed E-state index contributed by atoms with van der Waals surface area (Å²) in [5, 5.41) is 12.1. The van der Waals surface area contributed by atoms with Crippen LogP contribution in [-0.4, -0.2) is 34.9 Å². The first-order valence-corrected chi connectivity index (χ1v) is 9.56. The monoisotopic (exact) mass is 375 g/mol. The molecule has 0 bridgehead atoms. The van der Waals surface area contributed by atoms with E-state index < -0.39 is 0 Å². The van der Waals surface area contributed by atoms with E-state index in [-0.39, 0.29) is 6.04 Å². The molecule has 1 atom stereocenters. The number of aromatic nitrogens is 2. The average Bonchev–Trinajstić information content (AvgIpc) is 2.83. The Morgan fingerprint density at radius 3 is 2.54 bits per heavy atom. The fourth-order valence-electron chi connectivity index (χ4n) is 2.97. The van der Waals surface area contributed by atoms with Gasteiger partial charge in [0.2, 0.25) is 0 Å². The van der Waals surface area contributed by atoms with Gasteiger partial charge in [0.15, 0.2) is 5.96 Å². The van der Waals surface area contributed by atoms with Crippen molar-refractivity contribution >= 4 is 17.6 Å². The highest BCUT2D eigenvalue weighted by atomic mass is 35.5. The smallest absolute Gasteiger partial charge is 0.191 e. The molecule has 2 N–H and O–H groups in total. The van der Waals surface area contributed by atoms with Crippen LogP contribution in [0.15, 0.2) is 29.3 Å². The van der Waals surface area contributed by atoms with Crippen molar-refractivity contribution in [2.75, 3.05) is 13.1 Å². The number of nitrogens with zero attached hydrogens (tertiary/aromatic N) is 3. The summed E-state index contributed by atoms with van der Waals surface area (Å²) in [6.45, 7) is 10.0. The fraction of sp³-hybridized carbons (Fsp3) is 0.500. The average molecular weight is 376 g/mol. The molecule has 0 saturated carbocycles. The quantitative estimate of drug-likeness (QED) is 0.576. The van der Waals surface area contributed by atoms with E-state index in [0.29, 0.717) is 0 Å². The van der Waals surface area contributed by atoms with Gasteiger partial charge in [0, 0.05) is 36.9 Å². The molecule has 0 saturated heterocycles. The van der Waals surface area contributed by atoms with E-state index in [2.05, 4.69) is 55.6 Å². The van der Waals surface area contributed by atoms with Crippen molar-refractivity contribution in [1.29, 1.82) is 0 Å². The number of aryl methyl sites for hydroxylation is 2. The largest absolute Gasteiger partial charge is 0.357 e. The Morgan fingerprint density at radius 2 is 1.96 bits per heavy atom. The molecule has 26 heavy (non-hydrogen) atoms. The Hall–Kier alpha value is -2.01. The number of aliphatic imine (C=N–C) groups is 1. The molecule has 0 amide bonds. The SMILES string of the molecule is CCNC(=NCCc1ccc(Cl)cc1)NC(C)Cc1c(C)nn(C)c1C. The van der Waals surface area contributed by atoms with Gasteiger partial charge in [-0.25, -0.2) is 0 Å². The molecule has 1 aromatic carbocycles. The summed E-state index contributed by atoms with van der Waals surface area (Å²) >= 11 is 5.93. The molecule has 1 aromatic heterocycles. The van der Waals surface area contributed by atoms with Crippen LogP contribution >= 0.6 is 11.6 Å². The molecule has 2 aromatic rings. The minimum Gasteiger partial charge on any atom is -0.357 e. The van der Waals surface area contributed by atoms with Gasteiger partial charge in [-0.1, -0.05) is 23.7 Å². The van der Waals surface area contributed by atoms with Crippen LogP contribution in [0.25, 0.3) is 0 Å². The van der Waals surface area contributed by atoms with Crippen molar-refractivity contribution < 1.29 is 0 Å². The molecule has 0 aliphatic rings. The van der Waals surface area contributed by atoms with E-state index in [1.165, 1.54) is 16.8 Å². The number of benzene rings is 1. The first-order chi connectivity index (χ1) is 12.4. The maximum Gasteiger partial charge on any atom is 0.191 e. The summed E-state index contributed by atoms with van der Waals surface area (Å²) in [6.07, 6.45) is 1.82. The van der Waals surface area contributed by atoms with Crippen molar-refractivity contribution in [1.82, 2.24) is 20.4 Å². The number of guanidine groups is 1. The summed E-state index contributed by atoms with van der Waals surface area (Å²) < 4.78 is 1.95. The van der Waals surface area contributed by atoms with Crippen LogP contribution in [0.4, 0.5) is 0 Å². The van der Waals surface area contributed by atoms with Gasteiger partial charge in [-0.05, 0) is 63.8 Å². The topological polar surface area (TPSA) is 54.2 Å². The Kier molecular flexibility index (Phi) is 7.51. The first kappa shape index (κ1) is 20.3. The lowest BCUT2D eigenvalue weighted by atomic mass is 10.1. The third kappa shape index (κ3) is 5.77. The van der Waals surface area contributed by atoms with E-state index in [4.69, 9.17) is 16.6 Å². The van der Waals surface area contributed by atoms with Crippen LogP contribution in [0.2, 0.25) is 5.02 Å². The molecule has 0 spiro atoms. The zero-order chi connectivity index (χ0) is 19.1. The van der Waals surface area contributed by atoms with Crippen molar-refractivity contribution in [2.24, 2.45) is 12.0 Å². The van der Waals surface area contributed by atoms with Crippen LogP contribution in [0.3, 0.4) is 0 Å². The molecule has 6 heteroatoms. The van der Waals surface area contributed by atoms with E-state index in [0.717, 1.165) is 42.6 Å². The standard InChI is InChI=1S/C20H30ClN5/c1-6-22-20(23-12-11-17-7-9-18(21)10-8-17)24-14(2)13-19-15(3)25-26(5)16(19)4/h7-10,14H,6,11-13H2,1-5H3,(H2,22,23,24). The van der Waals surface area contributed by atoms with Gasteiger partial charge in [-0.15, -0.1) is 0 Å². The number of nitrogens with one attached hydrogen (secondary N) is 2. The molecule has 142 valence electrons.